The van der Waals surface area contributed by atoms with Crippen molar-refractivity contribution in [2.75, 3.05) is 13.6 Å². The summed E-state index contributed by atoms with van der Waals surface area (Å²) in [4.78, 5) is 2.03. The van der Waals surface area contributed by atoms with Crippen molar-refractivity contribution in [3.8, 4) is 6.07 Å². The van der Waals surface area contributed by atoms with Gasteiger partial charge in [-0.2, -0.15) is 5.26 Å². The highest BCUT2D eigenvalue weighted by Gasteiger charge is 2.47. The molecule has 0 aliphatic heterocycles. The first-order valence-corrected chi connectivity index (χ1v) is 7.47. The molecule has 4 rings (SSSR count). The van der Waals surface area contributed by atoms with Gasteiger partial charge in [-0.05, 0) is 68.1 Å². The third-order valence-corrected chi connectivity index (χ3v) is 5.81. The molecule has 4 saturated carbocycles. The van der Waals surface area contributed by atoms with Crippen LogP contribution in [0.2, 0.25) is 0 Å². The predicted octanol–water partition coefficient (Wildman–Crippen LogP) is 3.42. The van der Waals surface area contributed by atoms with Gasteiger partial charge in [0.2, 0.25) is 0 Å². The largest absolute Gasteiger partial charge is 0.367 e. The molecule has 0 unspecified atom stereocenters. The summed E-state index contributed by atoms with van der Waals surface area (Å²) < 4.78 is 0. The summed E-state index contributed by atoms with van der Waals surface area (Å²) in [7, 11) is 2.00. The molecule has 2 nitrogen and oxygen atoms in total. The summed E-state index contributed by atoms with van der Waals surface area (Å²) >= 11 is 0. The fraction of sp³-hybridized carbons (Fsp3) is 0.812. The van der Waals surface area contributed by atoms with Crippen molar-refractivity contribution < 1.29 is 0 Å². The Morgan fingerprint density at radius 3 is 2.22 bits per heavy atom. The summed E-state index contributed by atoms with van der Waals surface area (Å²) in [6.45, 7) is 4.81. The molecule has 4 aliphatic carbocycles. The first kappa shape index (κ1) is 12.1. The maximum Gasteiger partial charge on any atom is 0.116 e. The first-order valence-electron chi connectivity index (χ1n) is 7.47. The summed E-state index contributed by atoms with van der Waals surface area (Å²) in [5.74, 6) is 5.08. The van der Waals surface area contributed by atoms with Crippen molar-refractivity contribution in [3.63, 3.8) is 0 Å². The quantitative estimate of drug-likeness (QED) is 0.709. The molecule has 0 amide bonds. The van der Waals surface area contributed by atoms with Gasteiger partial charge in [-0.25, -0.2) is 0 Å². The van der Waals surface area contributed by atoms with E-state index in [1.165, 1.54) is 38.5 Å². The molecule has 0 aromatic rings. The molecule has 2 heteroatoms. The number of nitriles is 1. The highest BCUT2D eigenvalue weighted by molar-refractivity contribution is 5.13. The van der Waals surface area contributed by atoms with Crippen LogP contribution in [-0.4, -0.2) is 18.5 Å². The van der Waals surface area contributed by atoms with Gasteiger partial charge in [0.15, 0.2) is 0 Å². The number of hydrogen-bond donors (Lipinski definition) is 0. The van der Waals surface area contributed by atoms with Crippen molar-refractivity contribution in [1.29, 1.82) is 5.26 Å². The number of hydrogen-bond acceptors (Lipinski definition) is 2. The monoisotopic (exact) mass is 244 g/mol. The smallest absolute Gasteiger partial charge is 0.116 e. The van der Waals surface area contributed by atoms with Crippen LogP contribution in [0, 0.1) is 40.9 Å². The van der Waals surface area contributed by atoms with Gasteiger partial charge in [0.05, 0.1) is 0 Å². The number of nitrogens with zero attached hydrogens (tertiary/aromatic N) is 2. The molecule has 0 atom stereocenters. The van der Waals surface area contributed by atoms with Crippen LogP contribution in [0.4, 0.5) is 0 Å². The van der Waals surface area contributed by atoms with Gasteiger partial charge in [-0.15, -0.1) is 0 Å². The Bertz CT molecular complexity index is 351. The van der Waals surface area contributed by atoms with Gasteiger partial charge in [0.25, 0.3) is 0 Å². The lowest BCUT2D eigenvalue weighted by Gasteiger charge is -2.54. The Balaban J connectivity index is 1.58. The van der Waals surface area contributed by atoms with Gasteiger partial charge in [0, 0.05) is 13.6 Å². The highest BCUT2D eigenvalue weighted by Crippen LogP contribution is 2.57. The Morgan fingerprint density at radius 2 is 1.72 bits per heavy atom. The Morgan fingerprint density at radius 1 is 1.17 bits per heavy atom. The summed E-state index contributed by atoms with van der Waals surface area (Å²) in [6, 6.07) is 2.15. The number of rotatable bonds is 4. The SMILES string of the molecule is C=C(C#N)N(C)CCC1C2CC3CC(C2)CC1C3. The zero-order chi connectivity index (χ0) is 12.7. The summed E-state index contributed by atoms with van der Waals surface area (Å²) in [5, 5.41) is 8.85. The van der Waals surface area contributed by atoms with Crippen molar-refractivity contribution in [2.45, 2.75) is 38.5 Å². The molecular weight excluding hydrogens is 220 g/mol. The van der Waals surface area contributed by atoms with Crippen LogP contribution in [0.1, 0.15) is 38.5 Å². The van der Waals surface area contributed by atoms with Crippen LogP contribution in [-0.2, 0) is 0 Å². The van der Waals surface area contributed by atoms with E-state index < -0.39 is 0 Å². The molecule has 0 spiro atoms. The topological polar surface area (TPSA) is 27.0 Å². The van der Waals surface area contributed by atoms with Crippen LogP contribution in [0.25, 0.3) is 0 Å². The molecule has 18 heavy (non-hydrogen) atoms. The van der Waals surface area contributed by atoms with Gasteiger partial charge in [0.1, 0.15) is 11.8 Å². The van der Waals surface area contributed by atoms with Crippen molar-refractivity contribution >= 4 is 0 Å². The van der Waals surface area contributed by atoms with E-state index in [-0.39, 0.29) is 0 Å². The lowest BCUT2D eigenvalue weighted by Crippen LogP contribution is -2.45. The van der Waals surface area contributed by atoms with Crippen LogP contribution in [0.3, 0.4) is 0 Å². The Kier molecular flexibility index (Phi) is 3.09. The second kappa shape index (κ2) is 4.61. The second-order valence-electron chi connectivity index (χ2n) is 6.86. The van der Waals surface area contributed by atoms with Gasteiger partial charge < -0.3 is 4.90 Å². The number of allylic oxidation sites excluding steroid dienone is 1. The maximum absolute atomic E-state index is 8.85. The fourth-order valence-corrected chi connectivity index (χ4v) is 5.07. The third kappa shape index (κ3) is 2.05. The normalized spacial score (nSPS) is 40.6. The van der Waals surface area contributed by atoms with E-state index >= 15 is 0 Å². The van der Waals surface area contributed by atoms with E-state index in [0.29, 0.717) is 5.70 Å². The van der Waals surface area contributed by atoms with Gasteiger partial charge in [-0.1, -0.05) is 6.58 Å². The van der Waals surface area contributed by atoms with Crippen molar-refractivity contribution in [2.24, 2.45) is 29.6 Å². The van der Waals surface area contributed by atoms with E-state index in [1.807, 2.05) is 11.9 Å². The lowest BCUT2D eigenvalue weighted by molar-refractivity contribution is -0.0412. The molecule has 0 radical (unpaired) electrons. The van der Waals surface area contributed by atoms with Crippen LogP contribution < -0.4 is 0 Å². The summed E-state index contributed by atoms with van der Waals surface area (Å²) in [6.07, 6.45) is 8.80. The second-order valence-corrected chi connectivity index (χ2v) is 6.86. The first-order chi connectivity index (χ1) is 8.67. The van der Waals surface area contributed by atoms with Crippen LogP contribution >= 0.6 is 0 Å². The minimum atomic E-state index is 0.610. The van der Waals surface area contributed by atoms with Crippen molar-refractivity contribution in [3.05, 3.63) is 12.3 Å². The van der Waals surface area contributed by atoms with E-state index in [0.717, 1.165) is 36.1 Å². The Labute approximate surface area is 111 Å². The van der Waals surface area contributed by atoms with Crippen LogP contribution in [0.5, 0.6) is 0 Å². The zero-order valence-electron chi connectivity index (χ0n) is 11.4. The van der Waals surface area contributed by atoms with Gasteiger partial charge in [-0.3, -0.25) is 0 Å². The standard InChI is InChI=1S/C16H24N2/c1-11(10-17)18(2)4-3-16-14-6-12-5-13(8-14)9-15(16)7-12/h12-16H,1,3-9H2,2H3. The van der Waals surface area contributed by atoms with E-state index in [2.05, 4.69) is 12.6 Å². The van der Waals surface area contributed by atoms with Gasteiger partial charge >= 0.3 is 0 Å². The predicted molar refractivity (Wildman–Crippen MR) is 72.5 cm³/mol. The molecular formula is C16H24N2. The average molecular weight is 244 g/mol. The average Bonchev–Trinajstić information content (AvgIpc) is 2.35. The molecule has 4 fully saturated rings. The van der Waals surface area contributed by atoms with E-state index in [9.17, 15) is 0 Å². The minimum Gasteiger partial charge on any atom is -0.367 e. The molecule has 0 heterocycles. The third-order valence-electron chi connectivity index (χ3n) is 5.81. The molecule has 0 N–H and O–H groups in total. The molecule has 98 valence electrons. The molecule has 4 bridgehead atoms. The molecule has 4 aliphatic rings. The van der Waals surface area contributed by atoms with Crippen molar-refractivity contribution in [1.82, 2.24) is 4.90 Å². The lowest BCUT2D eigenvalue weighted by atomic mass is 9.51. The molecule has 0 aromatic carbocycles. The van der Waals surface area contributed by atoms with Crippen LogP contribution in [0.15, 0.2) is 12.3 Å². The minimum absolute atomic E-state index is 0.610. The molecule has 0 saturated heterocycles. The van der Waals surface area contributed by atoms with E-state index in [1.54, 1.807) is 0 Å². The Hall–Kier alpha value is -0.970. The summed E-state index contributed by atoms with van der Waals surface area (Å²) in [5.41, 5.74) is 0.610. The zero-order valence-corrected chi connectivity index (χ0v) is 11.4. The highest BCUT2D eigenvalue weighted by atomic mass is 15.1. The van der Waals surface area contributed by atoms with E-state index in [4.69, 9.17) is 5.26 Å². The maximum atomic E-state index is 8.85. The fourth-order valence-electron chi connectivity index (χ4n) is 5.07. The molecule has 0 aromatic heterocycles.